The summed E-state index contributed by atoms with van der Waals surface area (Å²) >= 11 is 0. The minimum Gasteiger partial charge on any atom is -0.503 e. The van der Waals surface area contributed by atoms with Gasteiger partial charge >= 0.3 is 6.09 Å². The Balaban J connectivity index is 3.07. The van der Waals surface area contributed by atoms with E-state index in [1.54, 1.807) is 39.8 Å². The number of ether oxygens (including phenoxy) is 2. The highest BCUT2D eigenvalue weighted by atomic mass is 16.6. The zero-order chi connectivity index (χ0) is 16.2. The van der Waals surface area contributed by atoms with E-state index in [0.717, 1.165) is 0 Å². The molecule has 7 nitrogen and oxygen atoms in total. The molecule has 21 heavy (non-hydrogen) atoms. The molecule has 118 valence electrons. The van der Waals surface area contributed by atoms with E-state index in [9.17, 15) is 9.90 Å². The van der Waals surface area contributed by atoms with Crippen LogP contribution in [0.15, 0.2) is 12.1 Å². The Labute approximate surface area is 123 Å². The van der Waals surface area contributed by atoms with E-state index in [4.69, 9.17) is 20.2 Å². The van der Waals surface area contributed by atoms with Gasteiger partial charge in [0.05, 0.1) is 12.8 Å². The molecule has 4 N–H and O–H groups in total. The fraction of sp³-hybridized carbons (Fsp3) is 0.500. The lowest BCUT2D eigenvalue weighted by Crippen LogP contribution is -2.27. The van der Waals surface area contributed by atoms with Crippen LogP contribution in [-0.2, 0) is 9.57 Å². The number of phenols is 1. The maximum absolute atomic E-state index is 11.8. The third kappa shape index (κ3) is 4.80. The second kappa shape index (κ2) is 6.64. The summed E-state index contributed by atoms with van der Waals surface area (Å²) in [6.45, 7) is 6.96. The first-order valence-electron chi connectivity index (χ1n) is 6.44. The Morgan fingerprint density at radius 2 is 2.00 bits per heavy atom. The van der Waals surface area contributed by atoms with E-state index in [0.29, 0.717) is 5.56 Å². The number of carbonyl (C=O) groups excluding carboxylic acids is 1. The first-order chi connectivity index (χ1) is 9.67. The maximum atomic E-state index is 11.8. The first-order valence-corrected chi connectivity index (χ1v) is 6.44. The van der Waals surface area contributed by atoms with Crippen LogP contribution in [0.3, 0.4) is 0 Å². The van der Waals surface area contributed by atoms with Crippen LogP contribution < -0.4 is 16.0 Å². The second-order valence-electron chi connectivity index (χ2n) is 5.52. The van der Waals surface area contributed by atoms with Crippen LogP contribution in [0.25, 0.3) is 0 Å². The number of hydrogen-bond acceptors (Lipinski definition) is 6. The van der Waals surface area contributed by atoms with Gasteiger partial charge in [-0.05, 0) is 45.4 Å². The summed E-state index contributed by atoms with van der Waals surface area (Å²) < 4.78 is 10.2. The fourth-order valence-electron chi connectivity index (χ4n) is 1.61. The summed E-state index contributed by atoms with van der Waals surface area (Å²) in [5, 5.41) is 12.5. The lowest BCUT2D eigenvalue weighted by Gasteiger charge is -2.21. The van der Waals surface area contributed by atoms with Gasteiger partial charge in [0.15, 0.2) is 11.5 Å². The molecule has 0 aromatic heterocycles. The molecule has 1 rings (SSSR count). The third-order valence-corrected chi connectivity index (χ3v) is 2.63. The van der Waals surface area contributed by atoms with Crippen molar-refractivity contribution in [2.24, 2.45) is 5.90 Å². The SMILES string of the molecule is COc1cc(C(C)ON)cc(NC(=O)OC(C)(C)C)c1O. The average molecular weight is 298 g/mol. The molecule has 0 fully saturated rings. The van der Waals surface area contributed by atoms with Crippen molar-refractivity contribution in [1.29, 1.82) is 0 Å². The van der Waals surface area contributed by atoms with Crippen molar-refractivity contribution >= 4 is 11.8 Å². The minimum atomic E-state index is -0.682. The van der Waals surface area contributed by atoms with Crippen LogP contribution in [-0.4, -0.2) is 23.9 Å². The van der Waals surface area contributed by atoms with Gasteiger partial charge in [-0.25, -0.2) is 10.7 Å². The Hall–Kier alpha value is -1.99. The molecular formula is C14H22N2O5. The Bertz CT molecular complexity index is 511. The van der Waals surface area contributed by atoms with Gasteiger partial charge in [-0.3, -0.25) is 10.2 Å². The van der Waals surface area contributed by atoms with Crippen molar-refractivity contribution in [2.45, 2.75) is 39.4 Å². The standard InChI is InChI=1S/C14H22N2O5/c1-8(21-15)9-6-10(12(17)11(7-9)19-5)16-13(18)20-14(2,3)4/h6-8,17H,15H2,1-5H3,(H,16,18). The van der Waals surface area contributed by atoms with E-state index >= 15 is 0 Å². The quantitative estimate of drug-likeness (QED) is 0.583. The number of aromatic hydroxyl groups is 1. The lowest BCUT2D eigenvalue weighted by molar-refractivity contribution is 0.0632. The highest BCUT2D eigenvalue weighted by Gasteiger charge is 2.20. The van der Waals surface area contributed by atoms with Crippen molar-refractivity contribution in [3.8, 4) is 11.5 Å². The van der Waals surface area contributed by atoms with Crippen molar-refractivity contribution in [2.75, 3.05) is 12.4 Å². The Morgan fingerprint density at radius 1 is 1.38 bits per heavy atom. The van der Waals surface area contributed by atoms with E-state index in [1.807, 2.05) is 0 Å². The van der Waals surface area contributed by atoms with E-state index in [2.05, 4.69) is 5.32 Å². The fourth-order valence-corrected chi connectivity index (χ4v) is 1.61. The Kier molecular flexibility index (Phi) is 5.40. The molecule has 7 heteroatoms. The molecule has 0 heterocycles. The number of hydrogen-bond donors (Lipinski definition) is 3. The summed E-state index contributed by atoms with van der Waals surface area (Å²) in [7, 11) is 1.41. The zero-order valence-corrected chi connectivity index (χ0v) is 12.9. The molecule has 0 bridgehead atoms. The van der Waals surface area contributed by atoms with Crippen LogP contribution >= 0.6 is 0 Å². The third-order valence-electron chi connectivity index (χ3n) is 2.63. The normalized spacial score (nSPS) is 12.7. The smallest absolute Gasteiger partial charge is 0.412 e. The topological polar surface area (TPSA) is 103 Å². The summed E-state index contributed by atoms with van der Waals surface area (Å²) in [6.07, 6.45) is -1.11. The Morgan fingerprint density at radius 3 is 2.48 bits per heavy atom. The highest BCUT2D eigenvalue weighted by Crippen LogP contribution is 2.37. The minimum absolute atomic E-state index is 0.155. The van der Waals surface area contributed by atoms with Crippen LogP contribution in [0.4, 0.5) is 10.5 Å². The van der Waals surface area contributed by atoms with Crippen LogP contribution in [0, 0.1) is 0 Å². The molecule has 0 saturated carbocycles. The summed E-state index contributed by atoms with van der Waals surface area (Å²) in [6, 6.07) is 3.12. The molecule has 0 aliphatic carbocycles. The van der Waals surface area contributed by atoms with E-state index in [-0.39, 0.29) is 17.2 Å². The van der Waals surface area contributed by atoms with Crippen LogP contribution in [0.2, 0.25) is 0 Å². The molecule has 1 amide bonds. The van der Waals surface area contributed by atoms with Gasteiger partial charge in [-0.1, -0.05) is 0 Å². The lowest BCUT2D eigenvalue weighted by atomic mass is 10.1. The van der Waals surface area contributed by atoms with Gasteiger partial charge in [-0.15, -0.1) is 0 Å². The number of amides is 1. The average Bonchev–Trinajstić information content (AvgIpc) is 2.37. The molecular weight excluding hydrogens is 276 g/mol. The first kappa shape index (κ1) is 17.1. The number of carbonyl (C=O) groups is 1. The number of rotatable bonds is 4. The monoisotopic (exact) mass is 298 g/mol. The molecule has 0 saturated heterocycles. The summed E-state index contributed by atoms with van der Waals surface area (Å²) in [5.74, 6) is 5.15. The van der Waals surface area contributed by atoms with Crippen LogP contribution in [0.1, 0.15) is 39.4 Å². The van der Waals surface area contributed by atoms with Gasteiger partial charge in [0, 0.05) is 0 Å². The number of phenolic OH excluding ortho intramolecular Hbond substituents is 1. The molecule has 0 aliphatic rings. The van der Waals surface area contributed by atoms with Crippen molar-refractivity contribution < 1.29 is 24.2 Å². The van der Waals surface area contributed by atoms with Crippen molar-refractivity contribution in [3.05, 3.63) is 17.7 Å². The molecule has 0 radical (unpaired) electrons. The van der Waals surface area contributed by atoms with Crippen molar-refractivity contribution in [3.63, 3.8) is 0 Å². The van der Waals surface area contributed by atoms with Gasteiger partial charge in [-0.2, -0.15) is 0 Å². The number of nitrogens with one attached hydrogen (secondary N) is 1. The number of methoxy groups -OCH3 is 1. The van der Waals surface area contributed by atoms with Crippen LogP contribution in [0.5, 0.6) is 11.5 Å². The second-order valence-corrected chi connectivity index (χ2v) is 5.52. The molecule has 1 aromatic rings. The highest BCUT2D eigenvalue weighted by molar-refractivity contribution is 5.88. The maximum Gasteiger partial charge on any atom is 0.412 e. The van der Waals surface area contributed by atoms with E-state index in [1.165, 1.54) is 7.11 Å². The summed E-state index contributed by atoms with van der Waals surface area (Å²) in [5.41, 5.74) is 0.149. The number of benzene rings is 1. The number of nitrogens with two attached hydrogens (primary N) is 1. The molecule has 1 unspecified atom stereocenters. The van der Waals surface area contributed by atoms with Gasteiger partial charge in [0.1, 0.15) is 11.7 Å². The predicted octanol–water partition coefficient (Wildman–Crippen LogP) is 2.70. The van der Waals surface area contributed by atoms with Gasteiger partial charge in [0.2, 0.25) is 0 Å². The van der Waals surface area contributed by atoms with Gasteiger partial charge < -0.3 is 14.6 Å². The molecule has 1 atom stereocenters. The molecule has 0 aliphatic heterocycles. The molecule has 1 aromatic carbocycles. The van der Waals surface area contributed by atoms with Gasteiger partial charge in [0.25, 0.3) is 0 Å². The zero-order valence-electron chi connectivity index (χ0n) is 12.9. The van der Waals surface area contributed by atoms with E-state index < -0.39 is 17.8 Å². The summed E-state index contributed by atoms with van der Waals surface area (Å²) in [4.78, 5) is 16.5. The number of anilines is 1. The van der Waals surface area contributed by atoms with Crippen molar-refractivity contribution in [1.82, 2.24) is 0 Å². The predicted molar refractivity (Wildman–Crippen MR) is 78.2 cm³/mol. The largest absolute Gasteiger partial charge is 0.503 e. The molecule has 0 spiro atoms.